The molecule has 0 amide bonds. The van der Waals surface area contributed by atoms with Gasteiger partial charge in [-0.25, -0.2) is 4.79 Å². The van der Waals surface area contributed by atoms with Crippen LogP contribution in [0.25, 0.3) is 6.08 Å². The van der Waals surface area contributed by atoms with Crippen molar-refractivity contribution >= 4 is 41.6 Å². The van der Waals surface area contributed by atoms with E-state index in [9.17, 15) is 4.79 Å². The maximum atomic E-state index is 10.1. The molecule has 3 heteroatoms. The van der Waals surface area contributed by atoms with Gasteiger partial charge in [0.1, 0.15) is 0 Å². The summed E-state index contributed by atoms with van der Waals surface area (Å²) in [7, 11) is 0. The Labute approximate surface area is 93.2 Å². The van der Waals surface area contributed by atoms with Gasteiger partial charge >= 0.3 is 5.97 Å². The molecule has 0 aromatic heterocycles. The van der Waals surface area contributed by atoms with Gasteiger partial charge in [0.05, 0.1) is 0 Å². The van der Waals surface area contributed by atoms with E-state index in [1.165, 1.54) is 0 Å². The Balaban J connectivity index is 0.00000121. The Morgan fingerprint density at radius 3 is 2.33 bits per heavy atom. The van der Waals surface area contributed by atoms with Gasteiger partial charge in [-0.3, -0.25) is 0 Å². The quantitative estimate of drug-likeness (QED) is 0.539. The Kier molecular flexibility index (Phi) is 5.72. The van der Waals surface area contributed by atoms with Crippen molar-refractivity contribution in [2.75, 3.05) is 0 Å². The van der Waals surface area contributed by atoms with Crippen LogP contribution in [0.15, 0.2) is 36.4 Å². The van der Waals surface area contributed by atoms with Gasteiger partial charge in [0.25, 0.3) is 0 Å². The van der Waals surface area contributed by atoms with Crippen molar-refractivity contribution in [3.8, 4) is 0 Å². The molecule has 0 aliphatic heterocycles. The number of hydrogen-bond acceptors (Lipinski definition) is 1. The molecule has 0 heterocycles. The van der Waals surface area contributed by atoms with Gasteiger partial charge in [-0.1, -0.05) is 30.3 Å². The van der Waals surface area contributed by atoms with Crippen LogP contribution < -0.4 is 0 Å². The molecule has 0 unspecified atom stereocenters. The van der Waals surface area contributed by atoms with E-state index in [0.29, 0.717) is 0 Å². The molecular weight excluding hydrogens is 163 g/mol. The third-order valence-electron chi connectivity index (χ3n) is 1.22. The zero-order valence-electron chi connectivity index (χ0n) is 6.90. The number of carboxylic acid groups (broad SMARTS) is 1. The molecule has 0 saturated carbocycles. The number of benzene rings is 1. The summed E-state index contributed by atoms with van der Waals surface area (Å²) in [6.45, 7) is 0. The summed E-state index contributed by atoms with van der Waals surface area (Å²) >= 11 is 0. The standard InChI is InChI=1S/C9H8O2.Na/c10-9(11)7-6-8-4-2-1-3-5-8;/h1-7H,(H,10,11);/b7-6+;. The molecule has 0 bridgehead atoms. The van der Waals surface area contributed by atoms with Crippen molar-refractivity contribution in [3.05, 3.63) is 42.0 Å². The largest absolute Gasteiger partial charge is 0.478 e. The summed E-state index contributed by atoms with van der Waals surface area (Å²) < 4.78 is 0. The summed E-state index contributed by atoms with van der Waals surface area (Å²) in [4.78, 5) is 10.1. The van der Waals surface area contributed by atoms with E-state index >= 15 is 0 Å². The smallest absolute Gasteiger partial charge is 0.328 e. The van der Waals surface area contributed by atoms with Crippen molar-refractivity contribution < 1.29 is 9.90 Å². The van der Waals surface area contributed by atoms with Crippen LogP contribution in [0.3, 0.4) is 0 Å². The second-order valence-corrected chi connectivity index (χ2v) is 2.08. The first-order valence-corrected chi connectivity index (χ1v) is 3.25. The molecule has 0 spiro atoms. The van der Waals surface area contributed by atoms with E-state index in [0.717, 1.165) is 11.6 Å². The molecule has 0 aliphatic rings. The monoisotopic (exact) mass is 171 g/mol. The number of hydrogen-bond donors (Lipinski definition) is 1. The van der Waals surface area contributed by atoms with Crippen LogP contribution >= 0.6 is 0 Å². The van der Waals surface area contributed by atoms with Crippen LogP contribution in [-0.2, 0) is 4.79 Å². The van der Waals surface area contributed by atoms with Crippen molar-refractivity contribution in [1.29, 1.82) is 0 Å². The van der Waals surface area contributed by atoms with E-state index in [2.05, 4.69) is 0 Å². The third kappa shape index (κ3) is 4.34. The normalized spacial score (nSPS) is 9.33. The number of carbonyl (C=O) groups is 1. The molecule has 0 atom stereocenters. The Bertz CT molecular complexity index is 267. The predicted octanol–water partition coefficient (Wildman–Crippen LogP) is 1.40. The first kappa shape index (κ1) is 11.4. The van der Waals surface area contributed by atoms with Gasteiger partial charge in [0.15, 0.2) is 0 Å². The zero-order chi connectivity index (χ0) is 8.10. The van der Waals surface area contributed by atoms with Crippen molar-refractivity contribution in [2.24, 2.45) is 0 Å². The minimum atomic E-state index is -0.922. The molecule has 0 saturated heterocycles. The van der Waals surface area contributed by atoms with Crippen molar-refractivity contribution in [2.45, 2.75) is 0 Å². The van der Waals surface area contributed by atoms with Gasteiger partial charge < -0.3 is 5.11 Å². The first-order chi connectivity index (χ1) is 5.29. The fraction of sp³-hybridized carbons (Fsp3) is 0. The van der Waals surface area contributed by atoms with Gasteiger partial charge in [-0.15, -0.1) is 0 Å². The average Bonchev–Trinajstić information content (AvgIpc) is 2.03. The van der Waals surface area contributed by atoms with Crippen LogP contribution in [-0.4, -0.2) is 40.6 Å². The summed E-state index contributed by atoms with van der Waals surface area (Å²) in [5, 5.41) is 8.29. The van der Waals surface area contributed by atoms with Crippen LogP contribution in [0.2, 0.25) is 0 Å². The maximum Gasteiger partial charge on any atom is 0.328 e. The molecule has 57 valence electrons. The zero-order valence-corrected chi connectivity index (χ0v) is 8.90. The van der Waals surface area contributed by atoms with Gasteiger partial charge in [-0.2, -0.15) is 0 Å². The van der Waals surface area contributed by atoms with Crippen LogP contribution in [0, 0.1) is 0 Å². The van der Waals surface area contributed by atoms with Gasteiger partial charge in [-0.05, 0) is 11.6 Å². The second kappa shape index (κ2) is 6.00. The summed E-state index contributed by atoms with van der Waals surface area (Å²) in [6.07, 6.45) is 2.68. The molecule has 1 aromatic rings. The van der Waals surface area contributed by atoms with Crippen LogP contribution in [0.4, 0.5) is 0 Å². The van der Waals surface area contributed by atoms with E-state index in [4.69, 9.17) is 5.11 Å². The van der Waals surface area contributed by atoms with Gasteiger partial charge in [0.2, 0.25) is 0 Å². The molecule has 0 fully saturated rings. The molecule has 1 rings (SSSR count). The first-order valence-electron chi connectivity index (χ1n) is 3.25. The second-order valence-electron chi connectivity index (χ2n) is 2.08. The fourth-order valence-corrected chi connectivity index (χ4v) is 0.732. The third-order valence-corrected chi connectivity index (χ3v) is 1.22. The van der Waals surface area contributed by atoms with Crippen molar-refractivity contribution in [3.63, 3.8) is 0 Å². The summed E-state index contributed by atoms with van der Waals surface area (Å²) in [5.74, 6) is -0.922. The minimum absolute atomic E-state index is 0. The minimum Gasteiger partial charge on any atom is -0.478 e. The molecule has 0 aliphatic carbocycles. The maximum absolute atomic E-state index is 10.1. The van der Waals surface area contributed by atoms with Crippen LogP contribution in [0.5, 0.6) is 0 Å². The topological polar surface area (TPSA) is 37.3 Å². The molecule has 1 aromatic carbocycles. The molecule has 12 heavy (non-hydrogen) atoms. The molecule has 1 N–H and O–H groups in total. The molecule has 1 radical (unpaired) electrons. The Hall–Kier alpha value is -0.570. The summed E-state index contributed by atoms with van der Waals surface area (Å²) in [5.41, 5.74) is 0.898. The number of rotatable bonds is 2. The van der Waals surface area contributed by atoms with Gasteiger partial charge in [0, 0.05) is 35.6 Å². The Morgan fingerprint density at radius 1 is 1.25 bits per heavy atom. The van der Waals surface area contributed by atoms with E-state index in [1.807, 2.05) is 30.3 Å². The van der Waals surface area contributed by atoms with E-state index in [-0.39, 0.29) is 29.6 Å². The fourth-order valence-electron chi connectivity index (χ4n) is 0.732. The van der Waals surface area contributed by atoms with E-state index in [1.54, 1.807) is 6.08 Å². The Morgan fingerprint density at radius 2 is 1.83 bits per heavy atom. The molecular formula is C9H8NaO2. The number of aliphatic carboxylic acids is 1. The SMILES string of the molecule is O=C(O)/C=C/c1ccccc1.[Na]. The summed E-state index contributed by atoms with van der Waals surface area (Å²) in [6, 6.07) is 9.31. The average molecular weight is 171 g/mol. The van der Waals surface area contributed by atoms with E-state index < -0.39 is 5.97 Å². The molecule has 2 nitrogen and oxygen atoms in total. The van der Waals surface area contributed by atoms with Crippen molar-refractivity contribution in [1.82, 2.24) is 0 Å². The predicted molar refractivity (Wildman–Crippen MR) is 48.9 cm³/mol. The number of carboxylic acids is 1. The van der Waals surface area contributed by atoms with Crippen LogP contribution in [0.1, 0.15) is 5.56 Å².